The van der Waals surface area contributed by atoms with Crippen LogP contribution >= 0.6 is 11.6 Å². The fraction of sp³-hybridized carbons (Fsp3) is 0.333. The molecule has 0 amide bonds. The largest absolute Gasteiger partial charge is 0.336 e. The minimum absolute atomic E-state index is 0.910. The molecule has 0 heterocycles. The highest BCUT2D eigenvalue weighted by Crippen LogP contribution is 2.31. The topological polar surface area (TPSA) is 97.5 Å². The van der Waals surface area contributed by atoms with Crippen LogP contribution in [0.5, 0.6) is 0 Å². The van der Waals surface area contributed by atoms with Gasteiger partial charge in [-0.15, -0.1) is 0 Å². The lowest BCUT2D eigenvalue weighted by atomic mass is 10.1. The Bertz CT molecular complexity index is 414. The first-order valence-electron chi connectivity index (χ1n) is 3.44. The van der Waals surface area contributed by atoms with E-state index in [-0.39, 0.29) is 0 Å². The minimum atomic E-state index is -4.59. The summed E-state index contributed by atoms with van der Waals surface area (Å²) in [5.41, 5.74) is 0. The standard InChI is InChI=1S/C6H6ClNO5S/c7-6(8(9)10)4-2-1-3-5(6)14(11,12)13/h1-5H,(H,11,12,13). The molecule has 0 bridgehead atoms. The molecule has 8 heteroatoms. The average Bonchev–Trinajstić information content (AvgIpc) is 2.02. The minimum Gasteiger partial charge on any atom is -0.285 e. The number of alkyl halides is 1. The summed E-state index contributed by atoms with van der Waals surface area (Å²) < 4.78 is 30.3. The highest BCUT2D eigenvalue weighted by atomic mass is 35.5. The first-order chi connectivity index (χ1) is 6.28. The van der Waals surface area contributed by atoms with E-state index in [1.54, 1.807) is 0 Å². The predicted molar refractivity (Wildman–Crippen MR) is 49.2 cm³/mol. The van der Waals surface area contributed by atoms with Crippen LogP contribution in [0.2, 0.25) is 0 Å². The molecule has 0 spiro atoms. The Morgan fingerprint density at radius 2 is 2.07 bits per heavy atom. The van der Waals surface area contributed by atoms with Crippen LogP contribution in [-0.4, -0.2) is 28.1 Å². The van der Waals surface area contributed by atoms with Crippen LogP contribution < -0.4 is 0 Å². The van der Waals surface area contributed by atoms with E-state index in [9.17, 15) is 18.5 Å². The molecule has 0 radical (unpaired) electrons. The molecule has 0 saturated carbocycles. The predicted octanol–water partition coefficient (Wildman–Crippen LogP) is 0.581. The molecule has 0 aromatic carbocycles. The van der Waals surface area contributed by atoms with Crippen LogP contribution in [0.4, 0.5) is 0 Å². The molecule has 78 valence electrons. The van der Waals surface area contributed by atoms with Gasteiger partial charge in [-0.25, -0.2) is 0 Å². The van der Waals surface area contributed by atoms with Crippen LogP contribution in [0, 0.1) is 10.1 Å². The Kier molecular flexibility index (Phi) is 2.66. The average molecular weight is 240 g/mol. The molecule has 0 saturated heterocycles. The van der Waals surface area contributed by atoms with Gasteiger partial charge in [-0.05, 0) is 11.6 Å². The third kappa shape index (κ3) is 1.79. The smallest absolute Gasteiger partial charge is 0.285 e. The van der Waals surface area contributed by atoms with E-state index in [0.717, 1.165) is 12.2 Å². The Balaban J connectivity index is 3.25. The van der Waals surface area contributed by atoms with Crippen molar-refractivity contribution in [1.82, 2.24) is 0 Å². The maximum Gasteiger partial charge on any atom is 0.336 e. The monoisotopic (exact) mass is 239 g/mol. The zero-order chi connectivity index (χ0) is 11.0. The van der Waals surface area contributed by atoms with Gasteiger partial charge in [0.25, 0.3) is 10.1 Å². The number of allylic oxidation sites excluding steroid dienone is 2. The van der Waals surface area contributed by atoms with Crippen LogP contribution in [0.25, 0.3) is 0 Å². The van der Waals surface area contributed by atoms with Gasteiger partial charge in [0.1, 0.15) is 0 Å². The van der Waals surface area contributed by atoms with Gasteiger partial charge < -0.3 is 0 Å². The Labute approximate surface area is 84.8 Å². The lowest BCUT2D eigenvalue weighted by Crippen LogP contribution is -2.46. The molecule has 1 aliphatic carbocycles. The van der Waals surface area contributed by atoms with Gasteiger partial charge in [-0.2, -0.15) is 8.42 Å². The SMILES string of the molecule is O=[N+]([O-])C1(Cl)C=CC=CC1S(=O)(=O)O. The third-order valence-electron chi connectivity index (χ3n) is 1.73. The van der Waals surface area contributed by atoms with Crippen molar-refractivity contribution in [3.63, 3.8) is 0 Å². The van der Waals surface area contributed by atoms with Gasteiger partial charge in [0.15, 0.2) is 5.25 Å². The highest BCUT2D eigenvalue weighted by molar-refractivity contribution is 7.86. The van der Waals surface area contributed by atoms with Gasteiger partial charge in [0, 0.05) is 11.0 Å². The van der Waals surface area contributed by atoms with E-state index < -0.39 is 25.3 Å². The van der Waals surface area contributed by atoms with Crippen molar-refractivity contribution in [3.8, 4) is 0 Å². The van der Waals surface area contributed by atoms with Crippen molar-refractivity contribution in [3.05, 3.63) is 34.4 Å². The van der Waals surface area contributed by atoms with Crippen LogP contribution in [0.1, 0.15) is 0 Å². The number of nitro groups is 1. The lowest BCUT2D eigenvalue weighted by Gasteiger charge is -2.21. The normalized spacial score (nSPS) is 31.7. The summed E-state index contributed by atoms with van der Waals surface area (Å²) in [7, 11) is -4.59. The molecule has 1 aliphatic rings. The molecule has 6 nitrogen and oxygen atoms in total. The molecule has 0 aromatic rings. The molecular formula is C6H6ClNO5S. The van der Waals surface area contributed by atoms with Gasteiger partial charge in [-0.1, -0.05) is 18.2 Å². The molecular weight excluding hydrogens is 234 g/mol. The van der Waals surface area contributed by atoms with Gasteiger partial charge in [0.2, 0.25) is 0 Å². The molecule has 1 N–H and O–H groups in total. The summed E-state index contributed by atoms with van der Waals surface area (Å²) in [5, 5.41) is 8.78. The van der Waals surface area contributed by atoms with Crippen molar-refractivity contribution < 1.29 is 17.9 Å². The van der Waals surface area contributed by atoms with Crippen LogP contribution in [-0.2, 0) is 10.1 Å². The van der Waals surface area contributed by atoms with Gasteiger partial charge in [0.05, 0.1) is 0 Å². The molecule has 0 aromatic heterocycles. The summed E-state index contributed by atoms with van der Waals surface area (Å²) >= 11 is 5.48. The number of hydrogen-bond acceptors (Lipinski definition) is 4. The zero-order valence-corrected chi connectivity index (χ0v) is 8.27. The Morgan fingerprint density at radius 3 is 2.43 bits per heavy atom. The molecule has 0 aliphatic heterocycles. The zero-order valence-electron chi connectivity index (χ0n) is 6.70. The number of rotatable bonds is 2. The lowest BCUT2D eigenvalue weighted by molar-refractivity contribution is -0.526. The van der Waals surface area contributed by atoms with Gasteiger partial charge in [-0.3, -0.25) is 14.7 Å². The van der Waals surface area contributed by atoms with E-state index in [0.29, 0.717) is 0 Å². The molecule has 1 rings (SSSR count). The number of halogens is 1. The second-order valence-electron chi connectivity index (χ2n) is 2.66. The highest BCUT2D eigenvalue weighted by Gasteiger charge is 2.53. The van der Waals surface area contributed by atoms with E-state index in [4.69, 9.17) is 16.2 Å². The Morgan fingerprint density at radius 1 is 1.50 bits per heavy atom. The maximum atomic E-state index is 10.8. The Hall–Kier alpha value is -0.920. The van der Waals surface area contributed by atoms with Crippen molar-refractivity contribution >= 4 is 21.7 Å². The molecule has 0 fully saturated rings. The van der Waals surface area contributed by atoms with Crippen molar-refractivity contribution in [2.24, 2.45) is 0 Å². The third-order valence-corrected chi connectivity index (χ3v) is 3.51. The fourth-order valence-corrected chi connectivity index (χ4v) is 2.41. The van der Waals surface area contributed by atoms with E-state index >= 15 is 0 Å². The fourth-order valence-electron chi connectivity index (χ4n) is 1.06. The summed E-state index contributed by atoms with van der Waals surface area (Å²) in [4.78, 5) is 7.25. The molecule has 14 heavy (non-hydrogen) atoms. The summed E-state index contributed by atoms with van der Waals surface area (Å²) in [5.74, 6) is 0. The second-order valence-corrected chi connectivity index (χ2v) is 4.81. The van der Waals surface area contributed by atoms with Crippen LogP contribution in [0.3, 0.4) is 0 Å². The quantitative estimate of drug-likeness (QED) is 0.250. The summed E-state index contributed by atoms with van der Waals surface area (Å²) in [6.07, 6.45) is 4.39. The molecule has 2 unspecified atom stereocenters. The maximum absolute atomic E-state index is 10.8. The van der Waals surface area contributed by atoms with E-state index in [1.807, 2.05) is 0 Å². The van der Waals surface area contributed by atoms with Crippen molar-refractivity contribution in [2.75, 3.05) is 0 Å². The summed E-state index contributed by atoms with van der Waals surface area (Å²) in [6, 6.07) is 0. The van der Waals surface area contributed by atoms with Crippen molar-refractivity contribution in [2.45, 2.75) is 10.2 Å². The van der Waals surface area contributed by atoms with E-state index in [1.165, 1.54) is 12.2 Å². The summed E-state index contributed by atoms with van der Waals surface area (Å²) in [6.45, 7) is 0. The first kappa shape index (κ1) is 11.2. The second kappa shape index (κ2) is 3.34. The number of nitrogens with zero attached hydrogens (tertiary/aromatic N) is 1. The van der Waals surface area contributed by atoms with E-state index in [2.05, 4.69) is 0 Å². The molecule has 2 atom stereocenters. The van der Waals surface area contributed by atoms with Crippen LogP contribution in [0.15, 0.2) is 24.3 Å². The first-order valence-corrected chi connectivity index (χ1v) is 5.32. The van der Waals surface area contributed by atoms with Crippen molar-refractivity contribution in [1.29, 1.82) is 0 Å². The number of hydrogen-bond donors (Lipinski definition) is 1. The van der Waals surface area contributed by atoms with Gasteiger partial charge >= 0.3 is 5.00 Å².